The highest BCUT2D eigenvalue weighted by atomic mass is 35.5. The molecule has 1 atom stereocenters. The molecule has 0 radical (unpaired) electrons. The van der Waals surface area contributed by atoms with Crippen LogP contribution in [0.1, 0.15) is 18.9 Å². The molecule has 0 spiro atoms. The Morgan fingerprint density at radius 1 is 0.935 bits per heavy atom. The van der Waals surface area contributed by atoms with E-state index in [2.05, 4.69) is 17.4 Å². The number of halogens is 1. The van der Waals surface area contributed by atoms with Gasteiger partial charge in [-0.15, -0.1) is 0 Å². The number of hydrogen-bond acceptors (Lipinski definition) is 4. The molecular formula is C25H26ClNO4. The lowest BCUT2D eigenvalue weighted by Gasteiger charge is -2.18. The monoisotopic (exact) mass is 439 g/mol. The van der Waals surface area contributed by atoms with E-state index in [1.54, 1.807) is 26.4 Å². The first kappa shape index (κ1) is 22.5. The molecule has 0 aliphatic rings. The molecule has 0 fully saturated rings. The summed E-state index contributed by atoms with van der Waals surface area (Å²) in [5.74, 6) is 1.53. The van der Waals surface area contributed by atoms with E-state index in [4.69, 9.17) is 25.8 Å². The number of amides is 1. The van der Waals surface area contributed by atoms with Crippen LogP contribution in [0.25, 0.3) is 11.1 Å². The van der Waals surface area contributed by atoms with Gasteiger partial charge in [0.05, 0.1) is 14.2 Å². The minimum absolute atomic E-state index is 0.208. The van der Waals surface area contributed by atoms with Crippen molar-refractivity contribution in [1.29, 1.82) is 0 Å². The standard InChI is InChI=1S/C25H26ClNO4/c1-4-22(31-20-12-10-18(11-13-20)17-8-6-5-7-9-17)25(28)27-16-19-14-23(29-2)24(30-3)15-21(19)26/h5-15,22H,4,16H2,1-3H3,(H,27,28). The predicted octanol–water partition coefficient (Wildman–Crippen LogP) is 5.50. The molecule has 1 amide bonds. The quantitative estimate of drug-likeness (QED) is 0.478. The van der Waals surface area contributed by atoms with Crippen LogP contribution in [-0.4, -0.2) is 26.2 Å². The van der Waals surface area contributed by atoms with E-state index in [-0.39, 0.29) is 12.5 Å². The van der Waals surface area contributed by atoms with Crippen LogP contribution in [0.5, 0.6) is 17.2 Å². The Morgan fingerprint density at radius 3 is 2.16 bits per heavy atom. The van der Waals surface area contributed by atoms with Crippen molar-refractivity contribution in [3.8, 4) is 28.4 Å². The van der Waals surface area contributed by atoms with Crippen molar-refractivity contribution < 1.29 is 19.0 Å². The number of nitrogens with one attached hydrogen (secondary N) is 1. The predicted molar refractivity (Wildman–Crippen MR) is 123 cm³/mol. The Morgan fingerprint density at radius 2 is 1.55 bits per heavy atom. The van der Waals surface area contributed by atoms with E-state index in [1.165, 1.54) is 0 Å². The molecule has 0 bridgehead atoms. The van der Waals surface area contributed by atoms with Gasteiger partial charge in [0.2, 0.25) is 0 Å². The molecule has 0 aliphatic carbocycles. The average molecular weight is 440 g/mol. The molecule has 0 saturated heterocycles. The van der Waals surface area contributed by atoms with Crippen LogP contribution >= 0.6 is 11.6 Å². The summed E-state index contributed by atoms with van der Waals surface area (Å²) in [6.07, 6.45) is -0.0761. The normalized spacial score (nSPS) is 11.5. The third-order valence-corrected chi connectivity index (χ3v) is 5.26. The molecule has 3 rings (SSSR count). The van der Waals surface area contributed by atoms with E-state index in [9.17, 15) is 4.79 Å². The van der Waals surface area contributed by atoms with E-state index in [1.807, 2.05) is 49.4 Å². The van der Waals surface area contributed by atoms with Gasteiger partial charge < -0.3 is 19.5 Å². The lowest BCUT2D eigenvalue weighted by atomic mass is 10.1. The minimum Gasteiger partial charge on any atom is -0.493 e. The minimum atomic E-state index is -0.610. The summed E-state index contributed by atoms with van der Waals surface area (Å²) < 4.78 is 16.5. The Balaban J connectivity index is 1.63. The molecule has 3 aromatic rings. The summed E-state index contributed by atoms with van der Waals surface area (Å²) in [4.78, 5) is 12.7. The molecule has 0 heterocycles. The maximum absolute atomic E-state index is 12.7. The van der Waals surface area contributed by atoms with Gasteiger partial charge in [-0.3, -0.25) is 4.79 Å². The third-order valence-electron chi connectivity index (χ3n) is 4.91. The Kier molecular flexibility index (Phi) is 7.79. The number of ether oxygens (including phenoxy) is 3. The van der Waals surface area contributed by atoms with Crippen LogP contribution in [0.4, 0.5) is 0 Å². The van der Waals surface area contributed by atoms with Crippen molar-refractivity contribution in [2.45, 2.75) is 26.0 Å². The summed E-state index contributed by atoms with van der Waals surface area (Å²) in [5, 5.41) is 3.38. The molecule has 0 aliphatic heterocycles. The fourth-order valence-electron chi connectivity index (χ4n) is 3.17. The van der Waals surface area contributed by atoms with Crippen molar-refractivity contribution in [2.24, 2.45) is 0 Å². The van der Waals surface area contributed by atoms with Gasteiger partial charge in [0.25, 0.3) is 5.91 Å². The molecule has 3 aromatic carbocycles. The van der Waals surface area contributed by atoms with Crippen molar-refractivity contribution in [3.63, 3.8) is 0 Å². The first-order valence-corrected chi connectivity index (χ1v) is 10.4. The number of benzene rings is 3. The highest BCUT2D eigenvalue weighted by molar-refractivity contribution is 6.31. The van der Waals surface area contributed by atoms with Crippen molar-refractivity contribution in [2.75, 3.05) is 14.2 Å². The molecule has 0 aromatic heterocycles. The first-order valence-electron chi connectivity index (χ1n) is 10.1. The molecule has 162 valence electrons. The van der Waals surface area contributed by atoms with Gasteiger partial charge in [-0.05, 0) is 41.3 Å². The van der Waals surface area contributed by atoms with Crippen LogP contribution in [0, 0.1) is 0 Å². The summed E-state index contributed by atoms with van der Waals surface area (Å²) in [7, 11) is 3.10. The zero-order valence-electron chi connectivity index (χ0n) is 17.9. The SMILES string of the molecule is CCC(Oc1ccc(-c2ccccc2)cc1)C(=O)NCc1cc(OC)c(OC)cc1Cl. The van der Waals surface area contributed by atoms with E-state index >= 15 is 0 Å². The lowest BCUT2D eigenvalue weighted by molar-refractivity contribution is -0.128. The topological polar surface area (TPSA) is 56.8 Å². The van der Waals surface area contributed by atoms with Gasteiger partial charge in [0.15, 0.2) is 17.6 Å². The van der Waals surface area contributed by atoms with Gasteiger partial charge in [-0.25, -0.2) is 0 Å². The molecule has 0 saturated carbocycles. The second kappa shape index (κ2) is 10.7. The summed E-state index contributed by atoms with van der Waals surface area (Å²) in [6, 6.07) is 21.2. The second-order valence-corrected chi connectivity index (χ2v) is 7.33. The van der Waals surface area contributed by atoms with Crippen LogP contribution < -0.4 is 19.5 Å². The van der Waals surface area contributed by atoms with Gasteiger partial charge >= 0.3 is 0 Å². The summed E-state index contributed by atoms with van der Waals surface area (Å²) in [6.45, 7) is 2.16. The van der Waals surface area contributed by atoms with Crippen LogP contribution in [0.3, 0.4) is 0 Å². The summed E-state index contributed by atoms with van der Waals surface area (Å²) >= 11 is 6.31. The number of methoxy groups -OCH3 is 2. The first-order chi connectivity index (χ1) is 15.0. The maximum atomic E-state index is 12.7. The smallest absolute Gasteiger partial charge is 0.261 e. The molecular weight excluding hydrogens is 414 g/mol. The van der Waals surface area contributed by atoms with E-state index in [0.717, 1.165) is 16.7 Å². The van der Waals surface area contributed by atoms with Gasteiger partial charge in [0, 0.05) is 17.6 Å². The van der Waals surface area contributed by atoms with E-state index < -0.39 is 6.10 Å². The fourth-order valence-corrected chi connectivity index (χ4v) is 3.39. The lowest BCUT2D eigenvalue weighted by Crippen LogP contribution is -2.37. The molecule has 1 N–H and O–H groups in total. The Bertz CT molecular complexity index is 1010. The van der Waals surface area contributed by atoms with Gasteiger partial charge in [-0.2, -0.15) is 0 Å². The molecule has 1 unspecified atom stereocenters. The van der Waals surface area contributed by atoms with Crippen molar-refractivity contribution in [3.05, 3.63) is 77.3 Å². The molecule has 5 nitrogen and oxygen atoms in total. The van der Waals surface area contributed by atoms with Gasteiger partial charge in [-0.1, -0.05) is 61.0 Å². The second-order valence-electron chi connectivity index (χ2n) is 6.92. The fraction of sp³-hybridized carbons (Fsp3) is 0.240. The van der Waals surface area contributed by atoms with Crippen LogP contribution in [-0.2, 0) is 11.3 Å². The van der Waals surface area contributed by atoms with Crippen molar-refractivity contribution in [1.82, 2.24) is 5.32 Å². The average Bonchev–Trinajstić information content (AvgIpc) is 2.82. The maximum Gasteiger partial charge on any atom is 0.261 e. The van der Waals surface area contributed by atoms with Crippen molar-refractivity contribution >= 4 is 17.5 Å². The highest BCUT2D eigenvalue weighted by Gasteiger charge is 2.19. The molecule has 6 heteroatoms. The van der Waals surface area contributed by atoms with Crippen LogP contribution in [0.15, 0.2) is 66.7 Å². The Hall–Kier alpha value is -3.18. The zero-order chi connectivity index (χ0) is 22.2. The highest BCUT2D eigenvalue weighted by Crippen LogP contribution is 2.33. The number of carbonyl (C=O) groups excluding carboxylic acids is 1. The summed E-state index contributed by atoms with van der Waals surface area (Å²) in [5.41, 5.74) is 2.95. The number of rotatable bonds is 9. The Labute approximate surface area is 187 Å². The zero-order valence-corrected chi connectivity index (χ0v) is 18.6. The number of carbonyl (C=O) groups is 1. The van der Waals surface area contributed by atoms with Crippen LogP contribution in [0.2, 0.25) is 5.02 Å². The largest absolute Gasteiger partial charge is 0.493 e. The third kappa shape index (κ3) is 5.70. The number of hydrogen-bond donors (Lipinski definition) is 1. The molecule has 31 heavy (non-hydrogen) atoms. The van der Waals surface area contributed by atoms with Gasteiger partial charge in [0.1, 0.15) is 5.75 Å². The van der Waals surface area contributed by atoms with E-state index in [0.29, 0.717) is 28.7 Å².